The molecule has 2 fully saturated rings. The predicted molar refractivity (Wildman–Crippen MR) is 89.6 cm³/mol. The van der Waals surface area contributed by atoms with Crippen LogP contribution < -0.4 is 5.32 Å². The van der Waals surface area contributed by atoms with Gasteiger partial charge in [0.1, 0.15) is 0 Å². The van der Waals surface area contributed by atoms with E-state index in [1.807, 2.05) is 0 Å². The Kier molecular flexibility index (Phi) is 5.07. The van der Waals surface area contributed by atoms with Crippen molar-refractivity contribution in [3.05, 3.63) is 0 Å². The highest BCUT2D eigenvalue weighted by Gasteiger charge is 2.53. The van der Waals surface area contributed by atoms with Crippen molar-refractivity contribution in [2.45, 2.75) is 85.5 Å². The molecule has 0 aromatic heterocycles. The molecule has 4 unspecified atom stereocenters. The molecule has 2 rings (SSSR count). The molecule has 3 heteroatoms. The Balaban J connectivity index is 2.08. The van der Waals surface area contributed by atoms with Crippen LogP contribution >= 0.6 is 0 Å². The van der Waals surface area contributed by atoms with Crippen molar-refractivity contribution in [3.8, 4) is 0 Å². The maximum atomic E-state index is 5.93. The van der Waals surface area contributed by atoms with Gasteiger partial charge in [0, 0.05) is 43.2 Å². The number of rotatable bonds is 4. The maximum Gasteiger partial charge on any atom is 0.0655 e. The largest absolute Gasteiger partial charge is 0.378 e. The van der Waals surface area contributed by atoms with Gasteiger partial charge >= 0.3 is 0 Å². The standard InChI is InChI=1S/C18H36N2O/c1-8-13-11-19-14(17(3,4)5)12-20(13)15-10-16(21-9-2)18(15,6)7/h13-16,19H,8-12H2,1-7H3. The normalized spacial score (nSPS) is 37.3. The van der Waals surface area contributed by atoms with Gasteiger partial charge in [0.25, 0.3) is 0 Å². The molecule has 0 amide bonds. The van der Waals surface area contributed by atoms with Gasteiger partial charge in [-0.1, -0.05) is 41.5 Å². The molecule has 124 valence electrons. The molecule has 1 heterocycles. The molecule has 1 N–H and O–H groups in total. The summed E-state index contributed by atoms with van der Waals surface area (Å²) in [5.41, 5.74) is 0.605. The fraction of sp³-hybridized carbons (Fsp3) is 1.00. The van der Waals surface area contributed by atoms with E-state index < -0.39 is 0 Å². The number of hydrogen-bond donors (Lipinski definition) is 1. The van der Waals surface area contributed by atoms with Crippen LogP contribution in [0.25, 0.3) is 0 Å². The summed E-state index contributed by atoms with van der Waals surface area (Å²) in [4.78, 5) is 2.79. The van der Waals surface area contributed by atoms with Gasteiger partial charge in [0.15, 0.2) is 0 Å². The molecular weight excluding hydrogens is 260 g/mol. The van der Waals surface area contributed by atoms with Crippen molar-refractivity contribution >= 4 is 0 Å². The van der Waals surface area contributed by atoms with E-state index in [2.05, 4.69) is 58.7 Å². The van der Waals surface area contributed by atoms with E-state index in [1.165, 1.54) is 19.4 Å². The second-order valence-electron chi connectivity index (χ2n) is 8.60. The summed E-state index contributed by atoms with van der Waals surface area (Å²) >= 11 is 0. The third-order valence-corrected chi connectivity index (χ3v) is 5.87. The lowest BCUT2D eigenvalue weighted by Gasteiger charge is -2.60. The van der Waals surface area contributed by atoms with Gasteiger partial charge in [-0.2, -0.15) is 0 Å². The van der Waals surface area contributed by atoms with Crippen molar-refractivity contribution in [3.63, 3.8) is 0 Å². The van der Waals surface area contributed by atoms with E-state index in [9.17, 15) is 0 Å². The SMILES string of the molecule is CCOC1CC(N2CC(C(C)(C)C)NCC2CC)C1(C)C. The second-order valence-corrected chi connectivity index (χ2v) is 8.60. The maximum absolute atomic E-state index is 5.93. The minimum absolute atomic E-state index is 0.281. The summed E-state index contributed by atoms with van der Waals surface area (Å²) < 4.78 is 5.93. The van der Waals surface area contributed by atoms with Crippen LogP contribution in [-0.2, 0) is 4.74 Å². The Labute approximate surface area is 131 Å². The molecular formula is C18H36N2O. The lowest BCUT2D eigenvalue weighted by Crippen LogP contribution is -2.70. The van der Waals surface area contributed by atoms with Crippen LogP contribution in [0.15, 0.2) is 0 Å². The molecule has 1 aliphatic carbocycles. The second kappa shape index (κ2) is 6.17. The third-order valence-electron chi connectivity index (χ3n) is 5.87. The first-order valence-electron chi connectivity index (χ1n) is 8.82. The van der Waals surface area contributed by atoms with Gasteiger partial charge in [-0.3, -0.25) is 4.90 Å². The van der Waals surface area contributed by atoms with Crippen LogP contribution in [0.3, 0.4) is 0 Å². The number of nitrogens with one attached hydrogen (secondary N) is 1. The summed E-state index contributed by atoms with van der Waals surface area (Å²) in [5, 5.41) is 3.78. The van der Waals surface area contributed by atoms with Crippen LogP contribution in [0.4, 0.5) is 0 Å². The Morgan fingerprint density at radius 2 is 1.90 bits per heavy atom. The lowest BCUT2D eigenvalue weighted by atomic mass is 9.63. The highest BCUT2D eigenvalue weighted by Crippen LogP contribution is 2.47. The van der Waals surface area contributed by atoms with Gasteiger partial charge in [-0.25, -0.2) is 0 Å². The van der Waals surface area contributed by atoms with Gasteiger partial charge < -0.3 is 10.1 Å². The van der Waals surface area contributed by atoms with Gasteiger partial charge in [-0.15, -0.1) is 0 Å². The minimum atomic E-state index is 0.281. The summed E-state index contributed by atoms with van der Waals surface area (Å²) in [6, 6.07) is 1.93. The predicted octanol–water partition coefficient (Wildman–Crippen LogP) is 3.29. The zero-order valence-corrected chi connectivity index (χ0v) is 15.2. The summed E-state index contributed by atoms with van der Waals surface area (Å²) in [5.74, 6) is 0. The van der Waals surface area contributed by atoms with Crippen LogP contribution in [0.1, 0.15) is 61.3 Å². The van der Waals surface area contributed by atoms with Crippen molar-refractivity contribution in [1.82, 2.24) is 10.2 Å². The van der Waals surface area contributed by atoms with Crippen LogP contribution in [0.5, 0.6) is 0 Å². The zero-order chi connectivity index (χ0) is 15.8. The van der Waals surface area contributed by atoms with Crippen LogP contribution in [-0.4, -0.2) is 48.8 Å². The number of nitrogens with zero attached hydrogens (tertiary/aromatic N) is 1. The van der Waals surface area contributed by atoms with E-state index in [4.69, 9.17) is 4.74 Å². The molecule has 1 saturated heterocycles. The summed E-state index contributed by atoms with van der Waals surface area (Å²) in [6.07, 6.45) is 2.87. The van der Waals surface area contributed by atoms with E-state index in [0.717, 1.165) is 13.2 Å². The molecule has 21 heavy (non-hydrogen) atoms. The molecule has 0 aromatic rings. The molecule has 2 aliphatic rings. The highest BCUT2D eigenvalue weighted by molar-refractivity contribution is 5.07. The molecule has 3 nitrogen and oxygen atoms in total. The Bertz CT molecular complexity index is 348. The van der Waals surface area contributed by atoms with Crippen LogP contribution in [0, 0.1) is 10.8 Å². The molecule has 1 saturated carbocycles. The van der Waals surface area contributed by atoms with Crippen molar-refractivity contribution < 1.29 is 4.74 Å². The van der Waals surface area contributed by atoms with Crippen molar-refractivity contribution in [2.24, 2.45) is 10.8 Å². The Morgan fingerprint density at radius 3 is 2.38 bits per heavy atom. The Hall–Kier alpha value is -0.120. The lowest BCUT2D eigenvalue weighted by molar-refractivity contribution is -0.165. The van der Waals surface area contributed by atoms with Gasteiger partial charge in [0.2, 0.25) is 0 Å². The fourth-order valence-electron chi connectivity index (χ4n) is 4.07. The summed E-state index contributed by atoms with van der Waals surface area (Å²) in [6.45, 7) is 19.4. The number of piperazine rings is 1. The number of ether oxygens (including phenoxy) is 1. The highest BCUT2D eigenvalue weighted by atomic mass is 16.5. The van der Waals surface area contributed by atoms with Crippen LogP contribution in [0.2, 0.25) is 0 Å². The van der Waals surface area contributed by atoms with E-state index in [-0.39, 0.29) is 5.41 Å². The van der Waals surface area contributed by atoms with Crippen molar-refractivity contribution in [1.29, 1.82) is 0 Å². The first-order valence-corrected chi connectivity index (χ1v) is 8.82. The van der Waals surface area contributed by atoms with E-state index >= 15 is 0 Å². The molecule has 1 aliphatic heterocycles. The van der Waals surface area contributed by atoms with Crippen molar-refractivity contribution in [2.75, 3.05) is 19.7 Å². The van der Waals surface area contributed by atoms with Gasteiger partial charge in [0.05, 0.1) is 6.10 Å². The first kappa shape index (κ1) is 17.2. The fourth-order valence-corrected chi connectivity index (χ4v) is 4.07. The average molecular weight is 296 g/mol. The topological polar surface area (TPSA) is 24.5 Å². The van der Waals surface area contributed by atoms with E-state index in [1.54, 1.807) is 0 Å². The first-order chi connectivity index (χ1) is 9.71. The van der Waals surface area contributed by atoms with E-state index in [0.29, 0.717) is 29.6 Å². The average Bonchev–Trinajstić information content (AvgIpc) is 2.41. The monoisotopic (exact) mass is 296 g/mol. The third kappa shape index (κ3) is 3.30. The molecule has 0 spiro atoms. The van der Waals surface area contributed by atoms with Gasteiger partial charge in [-0.05, 0) is 25.2 Å². The minimum Gasteiger partial charge on any atom is -0.378 e. The quantitative estimate of drug-likeness (QED) is 0.861. The summed E-state index contributed by atoms with van der Waals surface area (Å²) in [7, 11) is 0. The number of hydrogen-bond acceptors (Lipinski definition) is 3. The molecule has 0 aromatic carbocycles. The zero-order valence-electron chi connectivity index (χ0n) is 15.2. The Morgan fingerprint density at radius 1 is 1.24 bits per heavy atom. The molecule has 0 radical (unpaired) electrons. The molecule has 0 bridgehead atoms. The smallest absolute Gasteiger partial charge is 0.0655 e. The molecule has 4 atom stereocenters.